The summed E-state index contributed by atoms with van der Waals surface area (Å²) in [4.78, 5) is 0. The van der Waals surface area contributed by atoms with Gasteiger partial charge in [-0.15, -0.1) is 0 Å². The Hall–Kier alpha value is -1.38. The SMILES string of the molecule is OC(Cc1ccccc1F)Cc1ccccc1Cl. The number of rotatable bonds is 4. The van der Waals surface area contributed by atoms with Crippen molar-refractivity contribution in [2.45, 2.75) is 18.9 Å². The van der Waals surface area contributed by atoms with Crippen LogP contribution in [-0.2, 0) is 12.8 Å². The van der Waals surface area contributed by atoms with E-state index >= 15 is 0 Å². The molecule has 0 aromatic heterocycles. The van der Waals surface area contributed by atoms with Crippen molar-refractivity contribution in [3.05, 3.63) is 70.5 Å². The van der Waals surface area contributed by atoms with Gasteiger partial charge in [0.2, 0.25) is 0 Å². The largest absolute Gasteiger partial charge is 0.392 e. The molecule has 2 rings (SSSR count). The Labute approximate surface area is 111 Å². The highest BCUT2D eigenvalue weighted by atomic mass is 35.5. The van der Waals surface area contributed by atoms with Crippen molar-refractivity contribution < 1.29 is 9.50 Å². The Bertz CT molecular complexity index is 480. The molecular formula is C15H14ClFO. The molecule has 94 valence electrons. The molecule has 0 saturated carbocycles. The maximum Gasteiger partial charge on any atom is 0.126 e. The van der Waals surface area contributed by atoms with Crippen molar-refractivity contribution in [1.82, 2.24) is 0 Å². The minimum absolute atomic E-state index is 0.282. The smallest absolute Gasteiger partial charge is 0.126 e. The van der Waals surface area contributed by atoms with Gasteiger partial charge in [-0.3, -0.25) is 0 Å². The van der Waals surface area contributed by atoms with Crippen LogP contribution in [-0.4, -0.2) is 11.2 Å². The van der Waals surface area contributed by atoms with E-state index in [9.17, 15) is 9.50 Å². The molecule has 0 spiro atoms. The maximum atomic E-state index is 13.4. The fourth-order valence-corrected chi connectivity index (χ4v) is 2.12. The molecule has 0 fully saturated rings. The second kappa shape index (κ2) is 5.98. The summed E-state index contributed by atoms with van der Waals surface area (Å²) in [5.74, 6) is -0.282. The third kappa shape index (κ3) is 3.31. The normalized spacial score (nSPS) is 12.4. The van der Waals surface area contributed by atoms with Crippen LogP contribution in [0.3, 0.4) is 0 Å². The summed E-state index contributed by atoms with van der Waals surface area (Å²) in [6.07, 6.45) is 0.0770. The minimum atomic E-state index is -0.637. The quantitative estimate of drug-likeness (QED) is 0.894. The average molecular weight is 265 g/mol. The fraction of sp³-hybridized carbons (Fsp3) is 0.200. The Morgan fingerprint density at radius 2 is 1.50 bits per heavy atom. The molecule has 3 heteroatoms. The molecule has 0 aliphatic rings. The first kappa shape index (κ1) is 13.1. The van der Waals surface area contributed by atoms with Crippen LogP contribution in [0.15, 0.2) is 48.5 Å². The van der Waals surface area contributed by atoms with Crippen LogP contribution in [0.5, 0.6) is 0 Å². The van der Waals surface area contributed by atoms with Gasteiger partial charge in [-0.1, -0.05) is 48.0 Å². The summed E-state index contributed by atoms with van der Waals surface area (Å²) in [6.45, 7) is 0. The maximum absolute atomic E-state index is 13.4. The number of aliphatic hydroxyl groups excluding tert-OH is 1. The fourth-order valence-electron chi connectivity index (χ4n) is 1.91. The van der Waals surface area contributed by atoms with Gasteiger partial charge in [0.1, 0.15) is 5.82 Å². The highest BCUT2D eigenvalue weighted by Crippen LogP contribution is 2.18. The molecular weight excluding hydrogens is 251 g/mol. The van der Waals surface area contributed by atoms with Gasteiger partial charge in [-0.2, -0.15) is 0 Å². The highest BCUT2D eigenvalue weighted by Gasteiger charge is 2.11. The molecule has 1 nitrogen and oxygen atoms in total. The molecule has 0 saturated heterocycles. The Kier molecular flexibility index (Phi) is 4.34. The van der Waals surface area contributed by atoms with Crippen molar-refractivity contribution in [1.29, 1.82) is 0 Å². The number of hydrogen-bond acceptors (Lipinski definition) is 1. The van der Waals surface area contributed by atoms with E-state index in [0.29, 0.717) is 17.0 Å². The van der Waals surface area contributed by atoms with Crippen molar-refractivity contribution >= 4 is 11.6 Å². The Morgan fingerprint density at radius 3 is 2.17 bits per heavy atom. The van der Waals surface area contributed by atoms with Gasteiger partial charge in [-0.25, -0.2) is 4.39 Å². The molecule has 2 aromatic carbocycles. The van der Waals surface area contributed by atoms with E-state index in [2.05, 4.69) is 0 Å². The van der Waals surface area contributed by atoms with Crippen molar-refractivity contribution in [2.24, 2.45) is 0 Å². The van der Waals surface area contributed by atoms with Gasteiger partial charge >= 0.3 is 0 Å². The van der Waals surface area contributed by atoms with Crippen molar-refractivity contribution in [3.63, 3.8) is 0 Å². The van der Waals surface area contributed by atoms with E-state index in [-0.39, 0.29) is 12.2 Å². The zero-order valence-electron chi connectivity index (χ0n) is 9.81. The standard InChI is InChI=1S/C15H14ClFO/c16-14-7-3-1-5-11(14)9-13(18)10-12-6-2-4-8-15(12)17/h1-8,13,18H,9-10H2. The summed E-state index contributed by atoms with van der Waals surface area (Å²) in [5, 5.41) is 10.6. The third-order valence-electron chi connectivity index (χ3n) is 2.83. The molecule has 0 aliphatic heterocycles. The molecule has 0 radical (unpaired) electrons. The lowest BCUT2D eigenvalue weighted by Crippen LogP contribution is -2.15. The topological polar surface area (TPSA) is 20.2 Å². The van der Waals surface area contributed by atoms with E-state index < -0.39 is 6.10 Å². The first-order valence-electron chi connectivity index (χ1n) is 5.81. The second-order valence-electron chi connectivity index (χ2n) is 4.24. The summed E-state index contributed by atoms with van der Waals surface area (Å²) < 4.78 is 13.4. The van der Waals surface area contributed by atoms with Crippen LogP contribution in [0.2, 0.25) is 5.02 Å². The third-order valence-corrected chi connectivity index (χ3v) is 3.20. The second-order valence-corrected chi connectivity index (χ2v) is 4.65. The number of halogens is 2. The van der Waals surface area contributed by atoms with Crippen LogP contribution in [0, 0.1) is 5.82 Å². The van der Waals surface area contributed by atoms with E-state index in [1.807, 2.05) is 18.2 Å². The number of aliphatic hydroxyl groups is 1. The Balaban J connectivity index is 2.04. The van der Waals surface area contributed by atoms with Gasteiger partial charge < -0.3 is 5.11 Å². The van der Waals surface area contributed by atoms with E-state index in [1.165, 1.54) is 6.07 Å². The van der Waals surface area contributed by atoms with Gasteiger partial charge in [-0.05, 0) is 23.3 Å². The molecule has 1 atom stereocenters. The van der Waals surface area contributed by atoms with Crippen LogP contribution in [0.25, 0.3) is 0 Å². The molecule has 2 aromatic rings. The minimum Gasteiger partial charge on any atom is -0.392 e. The van der Waals surface area contributed by atoms with Crippen molar-refractivity contribution in [3.8, 4) is 0 Å². The predicted octanol–water partition coefficient (Wildman–Crippen LogP) is 3.63. The zero-order valence-corrected chi connectivity index (χ0v) is 10.6. The van der Waals surface area contributed by atoms with E-state index in [4.69, 9.17) is 11.6 Å². The molecule has 1 N–H and O–H groups in total. The molecule has 0 bridgehead atoms. The number of benzene rings is 2. The van der Waals surface area contributed by atoms with Crippen LogP contribution in [0.1, 0.15) is 11.1 Å². The summed E-state index contributed by atoms with van der Waals surface area (Å²) in [7, 11) is 0. The van der Waals surface area contributed by atoms with Gasteiger partial charge in [0.15, 0.2) is 0 Å². The first-order valence-corrected chi connectivity index (χ1v) is 6.19. The van der Waals surface area contributed by atoms with Crippen molar-refractivity contribution in [2.75, 3.05) is 0 Å². The molecule has 0 amide bonds. The monoisotopic (exact) mass is 264 g/mol. The summed E-state index contributed by atoms with van der Waals surface area (Å²) >= 11 is 6.02. The summed E-state index contributed by atoms with van der Waals surface area (Å²) in [5.41, 5.74) is 1.40. The first-order chi connectivity index (χ1) is 8.66. The lowest BCUT2D eigenvalue weighted by molar-refractivity contribution is 0.174. The molecule has 0 heterocycles. The molecule has 18 heavy (non-hydrogen) atoms. The van der Waals surface area contributed by atoms with Crippen LogP contribution >= 0.6 is 11.6 Å². The average Bonchev–Trinajstić information content (AvgIpc) is 2.35. The Morgan fingerprint density at radius 1 is 0.944 bits per heavy atom. The predicted molar refractivity (Wildman–Crippen MR) is 71.3 cm³/mol. The summed E-state index contributed by atoms with van der Waals surface area (Å²) in [6, 6.07) is 13.9. The highest BCUT2D eigenvalue weighted by molar-refractivity contribution is 6.31. The van der Waals surface area contributed by atoms with Gasteiger partial charge in [0.05, 0.1) is 6.10 Å². The van der Waals surface area contributed by atoms with Gasteiger partial charge in [0, 0.05) is 17.9 Å². The van der Waals surface area contributed by atoms with Crippen LogP contribution < -0.4 is 0 Å². The molecule has 0 aliphatic carbocycles. The lowest BCUT2D eigenvalue weighted by atomic mass is 10.0. The van der Waals surface area contributed by atoms with E-state index in [1.54, 1.807) is 24.3 Å². The number of hydrogen-bond donors (Lipinski definition) is 1. The van der Waals surface area contributed by atoms with Gasteiger partial charge in [0.25, 0.3) is 0 Å². The lowest BCUT2D eigenvalue weighted by Gasteiger charge is -2.12. The zero-order chi connectivity index (χ0) is 13.0. The molecule has 1 unspecified atom stereocenters. The van der Waals surface area contributed by atoms with E-state index in [0.717, 1.165) is 5.56 Å². The van der Waals surface area contributed by atoms with Crippen LogP contribution in [0.4, 0.5) is 4.39 Å².